The number of carboxylic acid groups (broad SMARTS) is 1. The Morgan fingerprint density at radius 3 is 2.58 bits per heavy atom. The fraction of sp³-hybridized carbons (Fsp3) is 0.385. The van der Waals surface area contributed by atoms with E-state index in [0.29, 0.717) is 11.3 Å². The molecular formula is C13H17NO5. The molecule has 1 aromatic rings. The number of hydrogen-bond acceptors (Lipinski definition) is 4. The Labute approximate surface area is 111 Å². The van der Waals surface area contributed by atoms with E-state index in [4.69, 9.17) is 14.6 Å². The molecule has 6 nitrogen and oxygen atoms in total. The Morgan fingerprint density at radius 1 is 1.37 bits per heavy atom. The highest BCUT2D eigenvalue weighted by molar-refractivity contribution is 5.97. The molecule has 0 aliphatic heterocycles. The molecule has 104 valence electrons. The predicted molar refractivity (Wildman–Crippen MR) is 68.5 cm³/mol. The largest absolute Gasteiger partial charge is 0.496 e. The SMILES string of the molecule is COc1ccc(C)cc1C(=O)NCC(OC)C(=O)O. The lowest BCUT2D eigenvalue weighted by atomic mass is 10.1. The third-order valence-corrected chi connectivity index (χ3v) is 2.61. The fourth-order valence-electron chi connectivity index (χ4n) is 1.55. The minimum Gasteiger partial charge on any atom is -0.496 e. The molecule has 0 saturated carbocycles. The summed E-state index contributed by atoms with van der Waals surface area (Å²) in [5.74, 6) is -1.09. The van der Waals surface area contributed by atoms with Gasteiger partial charge in [0, 0.05) is 7.11 Å². The van der Waals surface area contributed by atoms with Gasteiger partial charge < -0.3 is 19.9 Å². The summed E-state index contributed by atoms with van der Waals surface area (Å²) in [6.07, 6.45) is -1.07. The van der Waals surface area contributed by atoms with Crippen LogP contribution in [0.25, 0.3) is 0 Å². The van der Waals surface area contributed by atoms with Crippen molar-refractivity contribution in [3.8, 4) is 5.75 Å². The van der Waals surface area contributed by atoms with E-state index in [2.05, 4.69) is 5.32 Å². The third-order valence-electron chi connectivity index (χ3n) is 2.61. The lowest BCUT2D eigenvalue weighted by Gasteiger charge is -2.13. The minimum atomic E-state index is -1.13. The normalized spacial score (nSPS) is 11.7. The number of carbonyl (C=O) groups is 2. The van der Waals surface area contributed by atoms with E-state index in [1.165, 1.54) is 14.2 Å². The fourth-order valence-corrected chi connectivity index (χ4v) is 1.55. The lowest BCUT2D eigenvalue weighted by molar-refractivity contribution is -0.148. The van der Waals surface area contributed by atoms with Crippen LogP contribution in [-0.2, 0) is 9.53 Å². The number of hydrogen-bond donors (Lipinski definition) is 2. The molecule has 0 saturated heterocycles. The average Bonchev–Trinajstić information content (AvgIpc) is 2.38. The molecule has 0 aromatic heterocycles. The van der Waals surface area contributed by atoms with Crippen LogP contribution in [0, 0.1) is 6.92 Å². The van der Waals surface area contributed by atoms with E-state index < -0.39 is 18.0 Å². The topological polar surface area (TPSA) is 84.9 Å². The van der Waals surface area contributed by atoms with Crippen LogP contribution in [-0.4, -0.2) is 43.9 Å². The summed E-state index contributed by atoms with van der Waals surface area (Å²) in [6.45, 7) is 1.74. The molecule has 0 aliphatic carbocycles. The second-order valence-electron chi connectivity index (χ2n) is 3.98. The summed E-state index contributed by atoms with van der Waals surface area (Å²) in [5.41, 5.74) is 1.27. The summed E-state index contributed by atoms with van der Waals surface area (Å²) in [6, 6.07) is 5.19. The van der Waals surface area contributed by atoms with E-state index >= 15 is 0 Å². The van der Waals surface area contributed by atoms with Crippen LogP contribution >= 0.6 is 0 Å². The Morgan fingerprint density at radius 2 is 2.05 bits per heavy atom. The van der Waals surface area contributed by atoms with Crippen molar-refractivity contribution in [3.05, 3.63) is 29.3 Å². The lowest BCUT2D eigenvalue weighted by Crippen LogP contribution is -2.37. The molecule has 0 radical (unpaired) electrons. The first kappa shape index (κ1) is 15.0. The number of nitrogens with one attached hydrogen (secondary N) is 1. The van der Waals surface area contributed by atoms with Gasteiger partial charge in [-0.25, -0.2) is 4.79 Å². The number of amides is 1. The second-order valence-corrected chi connectivity index (χ2v) is 3.98. The predicted octanol–water partition coefficient (Wildman–Crippen LogP) is 0.833. The highest BCUT2D eigenvalue weighted by Crippen LogP contribution is 2.19. The summed E-state index contributed by atoms with van der Waals surface area (Å²) >= 11 is 0. The van der Waals surface area contributed by atoms with E-state index in [-0.39, 0.29) is 6.54 Å². The maximum absolute atomic E-state index is 12.0. The zero-order valence-electron chi connectivity index (χ0n) is 11.1. The summed E-state index contributed by atoms with van der Waals surface area (Å²) in [7, 11) is 2.74. The third kappa shape index (κ3) is 3.96. The standard InChI is InChI=1S/C13H17NO5/c1-8-4-5-10(18-2)9(6-8)12(15)14-7-11(19-3)13(16)17/h4-6,11H,7H2,1-3H3,(H,14,15)(H,16,17). The molecule has 0 spiro atoms. The highest BCUT2D eigenvalue weighted by atomic mass is 16.5. The van der Waals surface area contributed by atoms with E-state index in [1.54, 1.807) is 12.1 Å². The first-order valence-corrected chi connectivity index (χ1v) is 5.68. The molecule has 1 aromatic carbocycles. The van der Waals surface area contributed by atoms with Gasteiger partial charge in [-0.2, -0.15) is 0 Å². The number of aryl methyl sites for hydroxylation is 1. The van der Waals surface area contributed by atoms with Crippen LogP contribution in [0.5, 0.6) is 5.75 Å². The quantitative estimate of drug-likeness (QED) is 0.797. The van der Waals surface area contributed by atoms with Crippen molar-refractivity contribution in [2.45, 2.75) is 13.0 Å². The van der Waals surface area contributed by atoms with E-state index in [0.717, 1.165) is 5.56 Å². The van der Waals surface area contributed by atoms with Gasteiger partial charge in [-0.15, -0.1) is 0 Å². The van der Waals surface area contributed by atoms with Crippen LogP contribution in [0.3, 0.4) is 0 Å². The average molecular weight is 267 g/mol. The van der Waals surface area contributed by atoms with Crippen LogP contribution in [0.15, 0.2) is 18.2 Å². The number of ether oxygens (including phenoxy) is 2. The number of methoxy groups -OCH3 is 2. The van der Waals surface area contributed by atoms with Crippen molar-refractivity contribution in [2.75, 3.05) is 20.8 Å². The van der Waals surface area contributed by atoms with Gasteiger partial charge in [0.2, 0.25) is 0 Å². The molecule has 1 rings (SSSR count). The molecular weight excluding hydrogens is 250 g/mol. The van der Waals surface area contributed by atoms with Crippen molar-refractivity contribution in [1.29, 1.82) is 0 Å². The monoisotopic (exact) mass is 267 g/mol. The molecule has 0 fully saturated rings. The highest BCUT2D eigenvalue weighted by Gasteiger charge is 2.19. The van der Waals surface area contributed by atoms with E-state index in [9.17, 15) is 9.59 Å². The Hall–Kier alpha value is -2.08. The molecule has 0 aliphatic rings. The van der Waals surface area contributed by atoms with Crippen LogP contribution in [0.1, 0.15) is 15.9 Å². The van der Waals surface area contributed by atoms with Gasteiger partial charge in [0.1, 0.15) is 5.75 Å². The van der Waals surface area contributed by atoms with Gasteiger partial charge in [0.15, 0.2) is 6.10 Å². The van der Waals surface area contributed by atoms with E-state index in [1.807, 2.05) is 13.0 Å². The molecule has 1 amide bonds. The molecule has 6 heteroatoms. The number of benzene rings is 1. The van der Waals surface area contributed by atoms with Gasteiger partial charge in [0.05, 0.1) is 19.2 Å². The van der Waals surface area contributed by atoms with Gasteiger partial charge in [-0.05, 0) is 19.1 Å². The molecule has 2 N–H and O–H groups in total. The van der Waals surface area contributed by atoms with Crippen LogP contribution < -0.4 is 10.1 Å². The van der Waals surface area contributed by atoms with Gasteiger partial charge >= 0.3 is 5.97 Å². The first-order valence-electron chi connectivity index (χ1n) is 5.68. The summed E-state index contributed by atoms with van der Waals surface area (Å²) in [4.78, 5) is 22.7. The van der Waals surface area contributed by atoms with Crippen LogP contribution in [0.2, 0.25) is 0 Å². The Balaban J connectivity index is 2.78. The number of carbonyl (C=O) groups excluding carboxylic acids is 1. The van der Waals surface area contributed by atoms with Crippen molar-refractivity contribution < 1.29 is 24.2 Å². The van der Waals surface area contributed by atoms with Crippen molar-refractivity contribution in [1.82, 2.24) is 5.32 Å². The van der Waals surface area contributed by atoms with Gasteiger partial charge in [-0.3, -0.25) is 4.79 Å². The smallest absolute Gasteiger partial charge is 0.334 e. The van der Waals surface area contributed by atoms with Gasteiger partial charge in [0.25, 0.3) is 5.91 Å². The summed E-state index contributed by atoms with van der Waals surface area (Å²) in [5, 5.41) is 11.3. The maximum atomic E-state index is 12.0. The Kier molecular flexibility index (Phi) is 5.32. The molecule has 1 unspecified atom stereocenters. The van der Waals surface area contributed by atoms with Crippen molar-refractivity contribution in [2.24, 2.45) is 0 Å². The number of carboxylic acids is 1. The maximum Gasteiger partial charge on any atom is 0.334 e. The molecule has 0 bridgehead atoms. The molecule has 1 atom stereocenters. The second kappa shape index (κ2) is 6.75. The van der Waals surface area contributed by atoms with Crippen molar-refractivity contribution >= 4 is 11.9 Å². The zero-order chi connectivity index (χ0) is 14.4. The van der Waals surface area contributed by atoms with Gasteiger partial charge in [-0.1, -0.05) is 11.6 Å². The molecule has 19 heavy (non-hydrogen) atoms. The van der Waals surface area contributed by atoms with Crippen LogP contribution in [0.4, 0.5) is 0 Å². The summed E-state index contributed by atoms with van der Waals surface area (Å²) < 4.78 is 9.83. The number of rotatable bonds is 6. The van der Waals surface area contributed by atoms with Crippen molar-refractivity contribution in [3.63, 3.8) is 0 Å². The molecule has 0 heterocycles. The first-order chi connectivity index (χ1) is 8.99. The zero-order valence-corrected chi connectivity index (χ0v) is 11.1. The minimum absolute atomic E-state index is 0.109. The number of aliphatic carboxylic acids is 1. The Bertz CT molecular complexity index is 472.